The number of pyridine rings is 1. The van der Waals surface area contributed by atoms with Crippen LogP contribution in [0.1, 0.15) is 155 Å². The second-order valence-electron chi connectivity index (χ2n) is 26.4. The molecule has 4 nitrogen and oxygen atoms in total. The molecule has 0 saturated heterocycles. The van der Waals surface area contributed by atoms with Gasteiger partial charge in [0.25, 0.3) is 0 Å². The van der Waals surface area contributed by atoms with Crippen molar-refractivity contribution in [2.75, 3.05) is 16.5 Å². The molecule has 9 aromatic rings. The Kier molecular flexibility index (Phi) is 12.2. The molecule has 0 radical (unpaired) electrons. The number of hydrogen-bond donors (Lipinski definition) is 0. The molecule has 10 rings (SSSR count). The van der Waals surface area contributed by atoms with E-state index >= 15 is 0 Å². The maximum Gasteiger partial charge on any atom is 0.137 e. The molecule has 0 amide bonds. The van der Waals surface area contributed by atoms with Crippen LogP contribution in [0.5, 0.6) is 0 Å². The topological polar surface area (TPSA) is 24.3 Å². The predicted molar refractivity (Wildman–Crippen MR) is 318 cm³/mol. The SMILES string of the molecule is CC(C)(C)c1cc(N2CN(c3cccc(C(C)(C)c4ccc5c6cc(-c7ccccc7)ccc6n(-c6cc(C(C)(C)c7cc(C(C)(C)C)cc(C(C)(C)C)c7)ccn6)c5c4)c3)c3ccccc32)cc(C(C)(C)C)c1. The van der Waals surface area contributed by atoms with Crippen LogP contribution in [0.2, 0.25) is 0 Å². The van der Waals surface area contributed by atoms with Crippen LogP contribution in [0.15, 0.2) is 170 Å². The largest absolute Gasteiger partial charge is 0.321 e. The number of benzene rings is 7. The first-order valence-electron chi connectivity index (χ1n) is 26.9. The lowest BCUT2D eigenvalue weighted by molar-refractivity contribution is 0.557. The normalized spacial score (nSPS) is 13.8. The van der Waals surface area contributed by atoms with Crippen molar-refractivity contribution in [3.63, 3.8) is 0 Å². The van der Waals surface area contributed by atoms with Crippen LogP contribution in [0, 0.1) is 0 Å². The van der Waals surface area contributed by atoms with Gasteiger partial charge in [0.2, 0.25) is 0 Å². The van der Waals surface area contributed by atoms with Gasteiger partial charge in [-0.1, -0.05) is 208 Å². The zero-order valence-electron chi connectivity index (χ0n) is 47.2. The summed E-state index contributed by atoms with van der Waals surface area (Å²) in [6, 6.07) is 62.1. The summed E-state index contributed by atoms with van der Waals surface area (Å²) in [5, 5.41) is 2.43. The summed E-state index contributed by atoms with van der Waals surface area (Å²) in [4.78, 5) is 10.2. The van der Waals surface area contributed by atoms with Gasteiger partial charge in [-0.3, -0.25) is 4.57 Å². The highest BCUT2D eigenvalue weighted by Crippen LogP contribution is 2.48. The third-order valence-electron chi connectivity index (χ3n) is 16.3. The fraction of sp³-hybridized carbons (Fsp3) is 0.329. The first-order chi connectivity index (χ1) is 34.7. The summed E-state index contributed by atoms with van der Waals surface area (Å²) < 4.78 is 2.41. The van der Waals surface area contributed by atoms with Crippen LogP contribution < -0.4 is 9.80 Å². The van der Waals surface area contributed by atoms with E-state index in [2.05, 4.69) is 289 Å². The summed E-state index contributed by atoms with van der Waals surface area (Å²) in [7, 11) is 0. The molecule has 1 aliphatic rings. The molecule has 3 heterocycles. The Balaban J connectivity index is 1.08. The van der Waals surface area contributed by atoms with Crippen LogP contribution in [0.4, 0.5) is 22.7 Å². The Morgan fingerprint density at radius 3 is 1.43 bits per heavy atom. The molecule has 0 atom stereocenters. The monoisotopic (exact) mass is 975 g/mol. The first kappa shape index (κ1) is 50.6. The predicted octanol–water partition coefficient (Wildman–Crippen LogP) is 18.9. The lowest BCUT2D eigenvalue weighted by atomic mass is 9.72. The van der Waals surface area contributed by atoms with Crippen LogP contribution in [-0.4, -0.2) is 16.2 Å². The quantitative estimate of drug-likeness (QED) is 0.152. The van der Waals surface area contributed by atoms with Gasteiger partial charge in [0.1, 0.15) is 12.5 Å². The maximum absolute atomic E-state index is 5.22. The van der Waals surface area contributed by atoms with Gasteiger partial charge in [0.15, 0.2) is 0 Å². The van der Waals surface area contributed by atoms with Crippen molar-refractivity contribution >= 4 is 44.6 Å². The van der Waals surface area contributed by atoms with Crippen LogP contribution >= 0.6 is 0 Å². The average Bonchev–Trinajstić information content (AvgIpc) is 3.91. The Morgan fingerprint density at radius 1 is 0.338 bits per heavy atom. The highest BCUT2D eigenvalue weighted by molar-refractivity contribution is 6.10. The van der Waals surface area contributed by atoms with Gasteiger partial charge in [-0.2, -0.15) is 0 Å². The molecule has 0 aliphatic carbocycles. The van der Waals surface area contributed by atoms with E-state index in [1.165, 1.54) is 89.2 Å². The van der Waals surface area contributed by atoms with Crippen LogP contribution in [0.3, 0.4) is 0 Å². The Hall–Kier alpha value is -6.91. The van der Waals surface area contributed by atoms with Gasteiger partial charge in [-0.15, -0.1) is 0 Å². The van der Waals surface area contributed by atoms with E-state index in [-0.39, 0.29) is 32.5 Å². The molecule has 0 spiro atoms. The fourth-order valence-electron chi connectivity index (χ4n) is 10.9. The van der Waals surface area contributed by atoms with Crippen LogP contribution in [0.25, 0.3) is 38.8 Å². The van der Waals surface area contributed by atoms with Gasteiger partial charge in [0, 0.05) is 39.2 Å². The minimum absolute atomic E-state index is 0.0144. The lowest BCUT2D eigenvalue weighted by Crippen LogP contribution is -2.26. The molecule has 0 unspecified atom stereocenters. The van der Waals surface area contributed by atoms with E-state index in [4.69, 9.17) is 4.98 Å². The summed E-state index contributed by atoms with van der Waals surface area (Å²) in [5.41, 5.74) is 19.5. The van der Waals surface area contributed by atoms with E-state index < -0.39 is 0 Å². The van der Waals surface area contributed by atoms with E-state index in [0.29, 0.717) is 0 Å². The van der Waals surface area contributed by atoms with Crippen molar-refractivity contribution in [2.24, 2.45) is 0 Å². The molecular formula is C70H78N4. The number of nitrogens with zero attached hydrogens (tertiary/aromatic N) is 4. The molecule has 74 heavy (non-hydrogen) atoms. The highest BCUT2D eigenvalue weighted by atomic mass is 15.4. The molecule has 1 aliphatic heterocycles. The molecule has 0 fully saturated rings. The summed E-state index contributed by atoms with van der Waals surface area (Å²) in [6.07, 6.45) is 2.02. The minimum Gasteiger partial charge on any atom is -0.321 e. The van der Waals surface area contributed by atoms with Crippen molar-refractivity contribution in [1.29, 1.82) is 0 Å². The average molecular weight is 975 g/mol. The Labute approximate surface area is 443 Å². The lowest BCUT2D eigenvalue weighted by Gasteiger charge is -2.32. The van der Waals surface area contributed by atoms with Gasteiger partial charge < -0.3 is 9.80 Å². The van der Waals surface area contributed by atoms with Gasteiger partial charge in [-0.05, 0) is 144 Å². The van der Waals surface area contributed by atoms with Crippen molar-refractivity contribution in [3.05, 3.63) is 214 Å². The van der Waals surface area contributed by atoms with E-state index in [9.17, 15) is 0 Å². The Morgan fingerprint density at radius 2 is 0.838 bits per heavy atom. The molecule has 2 aromatic heterocycles. The fourth-order valence-corrected chi connectivity index (χ4v) is 10.9. The number of aromatic nitrogens is 2. The maximum atomic E-state index is 5.22. The summed E-state index contributed by atoms with van der Waals surface area (Å²) in [6.45, 7) is 38.1. The number of para-hydroxylation sites is 2. The third-order valence-corrected chi connectivity index (χ3v) is 16.3. The summed E-state index contributed by atoms with van der Waals surface area (Å²) >= 11 is 0. The number of anilines is 4. The standard InChI is InChI=1S/C70H78N4/c1-65(2,3)51-36-52(66(4,5)6)39-55(38-51)70(15,16)50-33-34-71-64(44-50)74-60-32-29-47(46-23-18-17-19-24-46)35-59(60)58-31-30-49(43-63(58)74)69(13,14)48-25-22-26-56(40-48)72-45-73(62-28-21-20-27-61(62)72)57-41-53(67(7,8)9)37-54(42-57)68(10,11)12/h17-44H,45H2,1-16H3. The van der Waals surface area contributed by atoms with Gasteiger partial charge >= 0.3 is 0 Å². The smallest absolute Gasteiger partial charge is 0.137 e. The molecule has 0 bridgehead atoms. The second kappa shape index (κ2) is 17.9. The zero-order chi connectivity index (χ0) is 52.9. The first-order valence-corrected chi connectivity index (χ1v) is 26.9. The molecule has 4 heteroatoms. The molecular weight excluding hydrogens is 897 g/mol. The van der Waals surface area contributed by atoms with E-state index in [1.54, 1.807) is 0 Å². The third kappa shape index (κ3) is 9.24. The van der Waals surface area contributed by atoms with Crippen molar-refractivity contribution in [1.82, 2.24) is 9.55 Å². The minimum atomic E-state index is -0.345. The number of hydrogen-bond acceptors (Lipinski definition) is 3. The summed E-state index contributed by atoms with van der Waals surface area (Å²) in [5.74, 6) is 0.919. The molecule has 7 aromatic carbocycles. The van der Waals surface area contributed by atoms with E-state index in [1.807, 2.05) is 6.20 Å². The Bertz CT molecular complexity index is 3510. The van der Waals surface area contributed by atoms with Gasteiger partial charge in [-0.25, -0.2) is 4.98 Å². The number of rotatable bonds is 8. The second-order valence-corrected chi connectivity index (χ2v) is 26.4. The molecule has 378 valence electrons. The number of fused-ring (bicyclic) bond motifs is 4. The highest BCUT2D eigenvalue weighted by Gasteiger charge is 2.33. The van der Waals surface area contributed by atoms with Gasteiger partial charge in [0.05, 0.1) is 22.4 Å². The zero-order valence-corrected chi connectivity index (χ0v) is 47.2. The molecule has 0 saturated carbocycles. The molecule has 0 N–H and O–H groups in total. The van der Waals surface area contributed by atoms with Crippen molar-refractivity contribution in [2.45, 2.75) is 143 Å². The van der Waals surface area contributed by atoms with Crippen molar-refractivity contribution in [3.8, 4) is 16.9 Å². The van der Waals surface area contributed by atoms with Crippen molar-refractivity contribution < 1.29 is 0 Å². The van der Waals surface area contributed by atoms with E-state index in [0.717, 1.165) is 23.5 Å². The van der Waals surface area contributed by atoms with Crippen LogP contribution in [-0.2, 0) is 32.5 Å².